The summed E-state index contributed by atoms with van der Waals surface area (Å²) in [5, 5.41) is 16.7. The van der Waals surface area contributed by atoms with Gasteiger partial charge in [0.25, 0.3) is 0 Å². The predicted molar refractivity (Wildman–Crippen MR) is 113 cm³/mol. The molecule has 0 saturated heterocycles. The Balaban J connectivity index is 0.00000576. The van der Waals surface area contributed by atoms with Gasteiger partial charge >= 0.3 is 0 Å². The number of ether oxygens (including phenoxy) is 2. The topological polar surface area (TPSA) is 75.1 Å². The van der Waals surface area contributed by atoms with E-state index in [2.05, 4.69) is 15.6 Å². The highest BCUT2D eigenvalue weighted by Crippen LogP contribution is 2.20. The molecule has 0 fully saturated rings. The van der Waals surface area contributed by atoms with Gasteiger partial charge in [0, 0.05) is 19.7 Å². The van der Waals surface area contributed by atoms with Crippen molar-refractivity contribution >= 4 is 29.9 Å². The zero-order valence-electron chi connectivity index (χ0n) is 15.6. The highest BCUT2D eigenvalue weighted by atomic mass is 127. The van der Waals surface area contributed by atoms with E-state index >= 15 is 0 Å². The van der Waals surface area contributed by atoms with Gasteiger partial charge in [-0.15, -0.1) is 24.0 Å². The quantitative estimate of drug-likeness (QED) is 0.215. The summed E-state index contributed by atoms with van der Waals surface area (Å²) in [6.45, 7) is 10.9. The van der Waals surface area contributed by atoms with Crippen LogP contribution in [0.15, 0.2) is 29.3 Å². The van der Waals surface area contributed by atoms with Crippen molar-refractivity contribution in [2.75, 3.05) is 32.8 Å². The molecule has 3 N–H and O–H groups in total. The number of hydrogen-bond donors (Lipinski definition) is 3. The van der Waals surface area contributed by atoms with Crippen LogP contribution < -0.4 is 15.4 Å². The first-order chi connectivity index (χ1) is 11.6. The molecule has 144 valence electrons. The number of benzene rings is 1. The van der Waals surface area contributed by atoms with E-state index in [0.717, 1.165) is 17.9 Å². The molecule has 1 atom stereocenters. The molecule has 0 aliphatic carbocycles. The highest BCUT2D eigenvalue weighted by molar-refractivity contribution is 14.0. The molecule has 0 saturated carbocycles. The van der Waals surface area contributed by atoms with Crippen molar-refractivity contribution in [3.8, 4) is 5.75 Å². The maximum absolute atomic E-state index is 10.4. The van der Waals surface area contributed by atoms with Gasteiger partial charge in [-0.2, -0.15) is 0 Å². The number of nitrogens with zero attached hydrogens (tertiary/aromatic N) is 1. The summed E-state index contributed by atoms with van der Waals surface area (Å²) in [5.41, 5.74) is 0.794. The molecule has 0 amide bonds. The first-order valence-corrected chi connectivity index (χ1v) is 8.61. The van der Waals surface area contributed by atoms with E-state index in [4.69, 9.17) is 9.47 Å². The molecular formula is C18H32IN3O3. The molecule has 0 aliphatic rings. The summed E-state index contributed by atoms with van der Waals surface area (Å²) < 4.78 is 11.0. The Kier molecular flexibility index (Phi) is 13.5. The van der Waals surface area contributed by atoms with Crippen LogP contribution in [-0.4, -0.2) is 50.0 Å². The molecule has 6 nitrogen and oxygen atoms in total. The van der Waals surface area contributed by atoms with Gasteiger partial charge in [-0.3, -0.25) is 4.99 Å². The summed E-state index contributed by atoms with van der Waals surface area (Å²) in [4.78, 5) is 4.43. The molecule has 7 heteroatoms. The highest BCUT2D eigenvalue weighted by Gasteiger charge is 2.09. The van der Waals surface area contributed by atoms with E-state index in [-0.39, 0.29) is 36.6 Å². The van der Waals surface area contributed by atoms with Gasteiger partial charge in [0.1, 0.15) is 5.75 Å². The number of guanidine groups is 1. The smallest absolute Gasteiger partial charge is 0.191 e. The van der Waals surface area contributed by atoms with Crippen molar-refractivity contribution in [1.82, 2.24) is 10.6 Å². The predicted octanol–water partition coefficient (Wildman–Crippen LogP) is 2.72. The SMILES string of the molecule is CCNC(=NCC(O)c1cccc(OC(C)C)c1)NCCOCC.I. The maximum Gasteiger partial charge on any atom is 0.191 e. The minimum Gasteiger partial charge on any atom is -0.491 e. The van der Waals surface area contributed by atoms with E-state index < -0.39 is 6.10 Å². The lowest BCUT2D eigenvalue weighted by Crippen LogP contribution is -2.39. The van der Waals surface area contributed by atoms with Gasteiger partial charge in [0.15, 0.2) is 5.96 Å². The Morgan fingerprint density at radius 3 is 2.64 bits per heavy atom. The molecular weight excluding hydrogens is 433 g/mol. The Bertz CT molecular complexity index is 498. The van der Waals surface area contributed by atoms with E-state index in [9.17, 15) is 5.11 Å². The number of hydrogen-bond acceptors (Lipinski definition) is 4. The standard InChI is InChI=1S/C18H31N3O3.HI/c1-5-19-18(20-10-11-23-6-2)21-13-17(22)15-8-7-9-16(12-15)24-14(3)4;/h7-9,12,14,17,22H,5-6,10-11,13H2,1-4H3,(H2,19,20,21);1H. The third kappa shape index (κ3) is 10.5. The van der Waals surface area contributed by atoms with Crippen LogP contribution in [0.4, 0.5) is 0 Å². The molecule has 25 heavy (non-hydrogen) atoms. The van der Waals surface area contributed by atoms with Crippen molar-refractivity contribution in [1.29, 1.82) is 0 Å². The zero-order valence-corrected chi connectivity index (χ0v) is 17.9. The number of aliphatic hydroxyl groups excluding tert-OH is 1. The van der Waals surface area contributed by atoms with E-state index in [1.165, 1.54) is 0 Å². The average Bonchev–Trinajstić information content (AvgIpc) is 2.55. The van der Waals surface area contributed by atoms with Gasteiger partial charge in [-0.1, -0.05) is 12.1 Å². The Hall–Kier alpha value is -1.06. The molecule has 1 aromatic carbocycles. The number of aliphatic hydroxyl groups is 1. The van der Waals surface area contributed by atoms with Gasteiger partial charge in [0.2, 0.25) is 0 Å². The third-order valence-electron chi connectivity index (χ3n) is 3.12. The molecule has 0 aliphatic heterocycles. The third-order valence-corrected chi connectivity index (χ3v) is 3.12. The van der Waals surface area contributed by atoms with Crippen LogP contribution in [-0.2, 0) is 4.74 Å². The maximum atomic E-state index is 10.4. The monoisotopic (exact) mass is 465 g/mol. The normalized spacial score (nSPS) is 12.5. The molecule has 0 aromatic heterocycles. The first-order valence-electron chi connectivity index (χ1n) is 8.61. The van der Waals surface area contributed by atoms with Crippen molar-refractivity contribution in [3.63, 3.8) is 0 Å². The summed E-state index contributed by atoms with van der Waals surface area (Å²) in [7, 11) is 0. The van der Waals surface area contributed by atoms with Gasteiger partial charge < -0.3 is 25.2 Å². The fourth-order valence-corrected chi connectivity index (χ4v) is 2.08. The minimum atomic E-state index is -0.678. The fraction of sp³-hybridized carbons (Fsp3) is 0.611. The average molecular weight is 465 g/mol. The molecule has 1 rings (SSSR count). The Morgan fingerprint density at radius 2 is 2.00 bits per heavy atom. The molecule has 0 heterocycles. The molecule has 0 radical (unpaired) electrons. The van der Waals surface area contributed by atoms with Gasteiger partial charge in [-0.05, 0) is 45.4 Å². The Labute approximate surface area is 168 Å². The minimum absolute atomic E-state index is 0. The van der Waals surface area contributed by atoms with Gasteiger partial charge in [0.05, 0.1) is 25.4 Å². The second kappa shape index (κ2) is 14.1. The van der Waals surface area contributed by atoms with Crippen molar-refractivity contribution in [2.45, 2.75) is 39.9 Å². The molecule has 1 unspecified atom stereocenters. The van der Waals surface area contributed by atoms with Gasteiger partial charge in [-0.25, -0.2) is 0 Å². The molecule has 0 bridgehead atoms. The van der Waals surface area contributed by atoms with E-state index in [1.807, 2.05) is 52.0 Å². The molecule has 1 aromatic rings. The van der Waals surface area contributed by atoms with Crippen molar-refractivity contribution < 1.29 is 14.6 Å². The lowest BCUT2D eigenvalue weighted by atomic mass is 10.1. The lowest BCUT2D eigenvalue weighted by molar-refractivity contribution is 0.152. The number of halogens is 1. The van der Waals surface area contributed by atoms with Crippen LogP contribution >= 0.6 is 24.0 Å². The fourth-order valence-electron chi connectivity index (χ4n) is 2.08. The van der Waals surface area contributed by atoms with Crippen molar-refractivity contribution in [3.05, 3.63) is 29.8 Å². The number of aliphatic imine (C=N–C) groups is 1. The summed E-state index contributed by atoms with van der Waals surface area (Å²) in [5.74, 6) is 1.43. The first kappa shape index (κ1) is 23.9. The van der Waals surface area contributed by atoms with Crippen LogP contribution in [0.25, 0.3) is 0 Å². The lowest BCUT2D eigenvalue weighted by Gasteiger charge is -2.15. The van der Waals surface area contributed by atoms with Crippen LogP contribution in [0.3, 0.4) is 0 Å². The zero-order chi connectivity index (χ0) is 17.8. The van der Waals surface area contributed by atoms with Crippen LogP contribution in [0, 0.1) is 0 Å². The van der Waals surface area contributed by atoms with Crippen LogP contribution in [0.5, 0.6) is 5.75 Å². The summed E-state index contributed by atoms with van der Waals surface area (Å²) in [6.07, 6.45) is -0.576. The van der Waals surface area contributed by atoms with E-state index in [0.29, 0.717) is 25.7 Å². The van der Waals surface area contributed by atoms with Crippen LogP contribution in [0.1, 0.15) is 39.4 Å². The number of rotatable bonds is 10. The molecule has 0 spiro atoms. The van der Waals surface area contributed by atoms with E-state index in [1.54, 1.807) is 0 Å². The van der Waals surface area contributed by atoms with Crippen LogP contribution in [0.2, 0.25) is 0 Å². The number of nitrogens with one attached hydrogen (secondary N) is 2. The summed E-state index contributed by atoms with van der Waals surface area (Å²) >= 11 is 0. The largest absolute Gasteiger partial charge is 0.491 e. The second-order valence-electron chi connectivity index (χ2n) is 5.60. The Morgan fingerprint density at radius 1 is 1.24 bits per heavy atom. The second-order valence-corrected chi connectivity index (χ2v) is 5.60. The summed E-state index contributed by atoms with van der Waals surface area (Å²) in [6, 6.07) is 7.50. The van der Waals surface area contributed by atoms with Crippen molar-refractivity contribution in [2.24, 2.45) is 4.99 Å².